The number of rotatable bonds is 5. The van der Waals surface area contributed by atoms with Crippen molar-refractivity contribution in [1.82, 2.24) is 0 Å². The molecule has 1 N–H and O–H groups in total. The molecule has 0 bridgehead atoms. The Kier molecular flexibility index (Phi) is 4.23. The third-order valence-electron chi connectivity index (χ3n) is 2.74. The number of hydroxylamine groups is 1. The van der Waals surface area contributed by atoms with E-state index in [1.54, 1.807) is 0 Å². The Morgan fingerprint density at radius 1 is 1.53 bits per heavy atom. The number of anilines is 1. The zero-order valence-corrected chi connectivity index (χ0v) is 9.96. The molecule has 1 rings (SSSR count). The molecule has 0 heterocycles. The second kappa shape index (κ2) is 5.45. The van der Waals surface area contributed by atoms with Crippen LogP contribution in [0.4, 0.5) is 11.4 Å². The van der Waals surface area contributed by atoms with Gasteiger partial charge in [0.2, 0.25) is 0 Å². The minimum atomic E-state index is -0.472. The Bertz CT molecular complexity index is 414. The number of nitro benzene ring substituents is 1. The van der Waals surface area contributed by atoms with Gasteiger partial charge in [-0.25, -0.2) is 0 Å². The monoisotopic (exact) mass is 236 g/mol. The highest BCUT2D eigenvalue weighted by Gasteiger charge is 2.15. The first-order chi connectivity index (χ1) is 7.97. The molecule has 0 spiro atoms. The predicted molar refractivity (Wildman–Crippen MR) is 66.3 cm³/mol. The van der Waals surface area contributed by atoms with E-state index in [2.05, 4.69) is 6.58 Å². The van der Waals surface area contributed by atoms with Gasteiger partial charge >= 0.3 is 0 Å². The lowest BCUT2D eigenvalue weighted by atomic mass is 10.1. The van der Waals surface area contributed by atoms with E-state index >= 15 is 0 Å². The van der Waals surface area contributed by atoms with Crippen LogP contribution in [0.25, 0.3) is 0 Å². The van der Waals surface area contributed by atoms with E-state index in [0.717, 1.165) is 17.1 Å². The Hall–Kier alpha value is -1.88. The minimum absolute atomic E-state index is 0.00382. The zero-order valence-electron chi connectivity index (χ0n) is 9.96. The van der Waals surface area contributed by atoms with Gasteiger partial charge in [-0.2, -0.15) is 0 Å². The standard InChI is InChI=1S/C12H16N2O3/c1-4-9(2)10(3)13(15)11-5-7-12(8-6-11)14(16)17/h5-8,10,15H,2,4H2,1,3H3. The van der Waals surface area contributed by atoms with E-state index in [0.29, 0.717) is 5.69 Å². The fourth-order valence-electron chi connectivity index (χ4n) is 1.42. The Balaban J connectivity index is 2.86. The van der Waals surface area contributed by atoms with Gasteiger partial charge in [0.05, 0.1) is 16.7 Å². The zero-order chi connectivity index (χ0) is 13.0. The first kappa shape index (κ1) is 13.2. The molecular formula is C12H16N2O3. The molecule has 0 aliphatic carbocycles. The summed E-state index contributed by atoms with van der Waals surface area (Å²) in [4.78, 5) is 10.0. The molecule has 5 nitrogen and oxygen atoms in total. The molecule has 17 heavy (non-hydrogen) atoms. The van der Waals surface area contributed by atoms with E-state index in [4.69, 9.17) is 0 Å². The van der Waals surface area contributed by atoms with E-state index in [9.17, 15) is 15.3 Å². The summed E-state index contributed by atoms with van der Waals surface area (Å²) in [7, 11) is 0. The normalized spacial score (nSPS) is 11.9. The van der Waals surface area contributed by atoms with Crippen LogP contribution in [0, 0.1) is 10.1 Å². The summed E-state index contributed by atoms with van der Waals surface area (Å²) in [5, 5.41) is 21.5. The molecule has 1 aromatic carbocycles. The number of hydrogen-bond acceptors (Lipinski definition) is 4. The third kappa shape index (κ3) is 3.04. The SMILES string of the molecule is C=C(CC)C(C)N(O)c1ccc([N+](=O)[O-])cc1. The lowest BCUT2D eigenvalue weighted by molar-refractivity contribution is -0.384. The van der Waals surface area contributed by atoms with Crippen molar-refractivity contribution < 1.29 is 10.1 Å². The van der Waals surface area contributed by atoms with Crippen molar-refractivity contribution in [3.05, 3.63) is 46.5 Å². The Morgan fingerprint density at radius 2 is 2.06 bits per heavy atom. The van der Waals surface area contributed by atoms with Gasteiger partial charge in [-0.05, 0) is 25.5 Å². The van der Waals surface area contributed by atoms with Crippen molar-refractivity contribution in [2.45, 2.75) is 26.3 Å². The van der Waals surface area contributed by atoms with Crippen molar-refractivity contribution in [3.8, 4) is 0 Å². The van der Waals surface area contributed by atoms with Crippen LogP contribution in [0.3, 0.4) is 0 Å². The topological polar surface area (TPSA) is 66.6 Å². The smallest absolute Gasteiger partial charge is 0.269 e. The van der Waals surface area contributed by atoms with Gasteiger partial charge in [-0.3, -0.25) is 20.4 Å². The molecule has 5 heteroatoms. The molecule has 0 aliphatic rings. The highest BCUT2D eigenvalue weighted by atomic mass is 16.6. The molecule has 1 aromatic rings. The van der Waals surface area contributed by atoms with Gasteiger partial charge in [0.25, 0.3) is 5.69 Å². The fraction of sp³-hybridized carbons (Fsp3) is 0.333. The number of hydrogen-bond donors (Lipinski definition) is 1. The number of non-ortho nitro benzene ring substituents is 1. The van der Waals surface area contributed by atoms with Crippen LogP contribution in [-0.2, 0) is 0 Å². The first-order valence-electron chi connectivity index (χ1n) is 5.37. The van der Waals surface area contributed by atoms with Crippen molar-refractivity contribution in [2.75, 3.05) is 5.06 Å². The predicted octanol–water partition coefficient (Wildman–Crippen LogP) is 3.15. The molecular weight excluding hydrogens is 220 g/mol. The fourth-order valence-corrected chi connectivity index (χ4v) is 1.42. The number of benzene rings is 1. The second-order valence-corrected chi connectivity index (χ2v) is 3.81. The van der Waals surface area contributed by atoms with Crippen LogP contribution in [0.2, 0.25) is 0 Å². The lowest BCUT2D eigenvalue weighted by Crippen LogP contribution is -2.30. The van der Waals surface area contributed by atoms with Crippen molar-refractivity contribution >= 4 is 11.4 Å². The summed E-state index contributed by atoms with van der Waals surface area (Å²) in [6.07, 6.45) is 0.769. The van der Waals surface area contributed by atoms with Crippen molar-refractivity contribution in [2.24, 2.45) is 0 Å². The third-order valence-corrected chi connectivity index (χ3v) is 2.74. The van der Waals surface area contributed by atoms with E-state index in [-0.39, 0.29) is 11.7 Å². The maximum atomic E-state index is 10.5. The summed E-state index contributed by atoms with van der Waals surface area (Å²) >= 11 is 0. The summed E-state index contributed by atoms with van der Waals surface area (Å²) < 4.78 is 0. The molecule has 0 fully saturated rings. The van der Waals surface area contributed by atoms with E-state index in [1.165, 1.54) is 24.3 Å². The molecule has 0 aromatic heterocycles. The highest BCUT2D eigenvalue weighted by molar-refractivity contribution is 5.50. The number of nitro groups is 1. The molecule has 0 radical (unpaired) electrons. The highest BCUT2D eigenvalue weighted by Crippen LogP contribution is 2.22. The van der Waals surface area contributed by atoms with Crippen LogP contribution in [0.5, 0.6) is 0 Å². The summed E-state index contributed by atoms with van der Waals surface area (Å²) in [6.45, 7) is 7.64. The van der Waals surface area contributed by atoms with Gasteiger partial charge in [-0.15, -0.1) is 0 Å². The minimum Gasteiger partial charge on any atom is -0.288 e. The largest absolute Gasteiger partial charge is 0.288 e. The average Bonchev–Trinajstić information content (AvgIpc) is 2.36. The van der Waals surface area contributed by atoms with Gasteiger partial charge in [0.1, 0.15) is 0 Å². The van der Waals surface area contributed by atoms with Gasteiger partial charge in [-0.1, -0.05) is 19.1 Å². The average molecular weight is 236 g/mol. The maximum absolute atomic E-state index is 10.5. The second-order valence-electron chi connectivity index (χ2n) is 3.81. The summed E-state index contributed by atoms with van der Waals surface area (Å²) in [5.74, 6) is 0. The summed E-state index contributed by atoms with van der Waals surface area (Å²) in [6, 6.07) is 5.52. The van der Waals surface area contributed by atoms with Gasteiger partial charge in [0.15, 0.2) is 0 Å². The maximum Gasteiger partial charge on any atom is 0.269 e. The van der Waals surface area contributed by atoms with Crippen LogP contribution < -0.4 is 5.06 Å². The molecule has 92 valence electrons. The van der Waals surface area contributed by atoms with Crippen LogP contribution in [-0.4, -0.2) is 16.2 Å². The molecule has 0 aliphatic heterocycles. The Morgan fingerprint density at radius 3 is 2.47 bits per heavy atom. The van der Waals surface area contributed by atoms with E-state index < -0.39 is 4.92 Å². The van der Waals surface area contributed by atoms with Crippen LogP contribution >= 0.6 is 0 Å². The first-order valence-corrected chi connectivity index (χ1v) is 5.37. The Labute approximate surface area is 100 Å². The van der Waals surface area contributed by atoms with E-state index in [1.807, 2.05) is 13.8 Å². The molecule has 0 amide bonds. The van der Waals surface area contributed by atoms with Crippen molar-refractivity contribution in [3.63, 3.8) is 0 Å². The molecule has 1 atom stereocenters. The summed E-state index contributed by atoms with van der Waals surface area (Å²) in [5.41, 5.74) is 1.41. The lowest BCUT2D eigenvalue weighted by Gasteiger charge is -2.25. The quantitative estimate of drug-likeness (QED) is 0.484. The van der Waals surface area contributed by atoms with Crippen LogP contribution in [0.15, 0.2) is 36.4 Å². The van der Waals surface area contributed by atoms with Crippen LogP contribution in [0.1, 0.15) is 20.3 Å². The molecule has 0 saturated heterocycles. The molecule has 0 saturated carbocycles. The van der Waals surface area contributed by atoms with Crippen molar-refractivity contribution in [1.29, 1.82) is 0 Å². The number of nitrogens with zero attached hydrogens (tertiary/aromatic N) is 2. The molecule has 1 unspecified atom stereocenters. The van der Waals surface area contributed by atoms with Gasteiger partial charge < -0.3 is 0 Å². The van der Waals surface area contributed by atoms with Gasteiger partial charge in [0, 0.05) is 12.1 Å².